The molecule has 0 fully saturated rings. The van der Waals surface area contributed by atoms with Crippen LogP contribution in [0.4, 0.5) is 0 Å². The lowest BCUT2D eigenvalue weighted by Gasteiger charge is -2.19. The third kappa shape index (κ3) is 2.03. The fraction of sp³-hybridized carbons (Fsp3) is 0.231. The topological polar surface area (TPSA) is 46.2 Å². The second kappa shape index (κ2) is 4.31. The van der Waals surface area contributed by atoms with Gasteiger partial charge in [0.2, 0.25) is 5.91 Å². The predicted molar refractivity (Wildman–Crippen MR) is 60.5 cm³/mol. The van der Waals surface area contributed by atoms with Crippen LogP contribution in [0.15, 0.2) is 42.1 Å². The number of allylic oxidation sites excluding steroid dienone is 1. The molecule has 1 amide bonds. The summed E-state index contributed by atoms with van der Waals surface area (Å²) in [6, 6.07) is 9.58. The van der Waals surface area contributed by atoms with E-state index in [0.717, 1.165) is 5.56 Å². The fourth-order valence-electron chi connectivity index (χ4n) is 1.78. The smallest absolute Gasteiger partial charge is 0.235 e. The van der Waals surface area contributed by atoms with E-state index < -0.39 is 5.92 Å². The number of hydrogen-bond acceptors (Lipinski definition) is 2. The monoisotopic (exact) mass is 215 g/mol. The summed E-state index contributed by atoms with van der Waals surface area (Å²) in [6.07, 6.45) is 1.95. The van der Waals surface area contributed by atoms with Gasteiger partial charge in [-0.1, -0.05) is 30.3 Å². The quantitative estimate of drug-likeness (QED) is 0.759. The number of ketones is 1. The Kier molecular flexibility index (Phi) is 2.86. The van der Waals surface area contributed by atoms with Gasteiger partial charge in [-0.05, 0) is 18.9 Å². The molecule has 1 aromatic rings. The number of carbonyl (C=O) groups is 2. The minimum atomic E-state index is -0.576. The van der Waals surface area contributed by atoms with Gasteiger partial charge < -0.3 is 5.32 Å². The van der Waals surface area contributed by atoms with Crippen LogP contribution in [0.5, 0.6) is 0 Å². The van der Waals surface area contributed by atoms with Gasteiger partial charge in [-0.3, -0.25) is 9.59 Å². The van der Waals surface area contributed by atoms with Gasteiger partial charge >= 0.3 is 0 Å². The van der Waals surface area contributed by atoms with Crippen LogP contribution >= 0.6 is 0 Å². The van der Waals surface area contributed by atoms with E-state index in [0.29, 0.717) is 12.0 Å². The molecule has 1 N–H and O–H groups in total. The van der Waals surface area contributed by atoms with Crippen molar-refractivity contribution in [2.24, 2.45) is 5.92 Å². The second-order valence-corrected chi connectivity index (χ2v) is 3.94. The zero-order valence-corrected chi connectivity index (χ0v) is 9.07. The maximum Gasteiger partial charge on any atom is 0.235 e. The summed E-state index contributed by atoms with van der Waals surface area (Å²) in [7, 11) is 0. The fourth-order valence-corrected chi connectivity index (χ4v) is 1.78. The molecule has 3 nitrogen and oxygen atoms in total. The van der Waals surface area contributed by atoms with E-state index in [-0.39, 0.29) is 11.7 Å². The SMILES string of the molecule is CC1=CNC(=O)C(Cc2ccccc2)C1=O. The van der Waals surface area contributed by atoms with Gasteiger partial charge in [-0.25, -0.2) is 0 Å². The van der Waals surface area contributed by atoms with Gasteiger partial charge in [-0.2, -0.15) is 0 Å². The molecule has 0 bridgehead atoms. The van der Waals surface area contributed by atoms with Crippen molar-refractivity contribution in [3.63, 3.8) is 0 Å². The average molecular weight is 215 g/mol. The Balaban J connectivity index is 2.19. The molecule has 0 saturated carbocycles. The van der Waals surface area contributed by atoms with Gasteiger partial charge in [-0.15, -0.1) is 0 Å². The highest BCUT2D eigenvalue weighted by molar-refractivity contribution is 6.12. The molecule has 1 aliphatic heterocycles. The molecule has 0 saturated heterocycles. The number of amides is 1. The summed E-state index contributed by atoms with van der Waals surface area (Å²) in [5.74, 6) is -0.862. The largest absolute Gasteiger partial charge is 0.332 e. The van der Waals surface area contributed by atoms with Gasteiger partial charge in [0.25, 0.3) is 0 Å². The number of Topliss-reactive ketones (excluding diaryl/α,β-unsaturated/α-hetero) is 1. The van der Waals surface area contributed by atoms with Crippen molar-refractivity contribution in [3.05, 3.63) is 47.7 Å². The molecule has 1 atom stereocenters. The van der Waals surface area contributed by atoms with E-state index in [1.54, 1.807) is 6.92 Å². The zero-order chi connectivity index (χ0) is 11.5. The first kappa shape index (κ1) is 10.6. The molecule has 3 heteroatoms. The standard InChI is InChI=1S/C13H13NO2/c1-9-8-14-13(16)11(12(9)15)7-10-5-3-2-4-6-10/h2-6,8,11H,7H2,1H3,(H,14,16). The van der Waals surface area contributed by atoms with Crippen LogP contribution in [0, 0.1) is 5.92 Å². The first-order chi connectivity index (χ1) is 7.68. The maximum absolute atomic E-state index is 11.8. The number of rotatable bonds is 2. The van der Waals surface area contributed by atoms with Crippen LogP contribution in [0.1, 0.15) is 12.5 Å². The molecule has 1 aliphatic rings. The van der Waals surface area contributed by atoms with Gasteiger partial charge in [0.05, 0.1) is 0 Å². The van der Waals surface area contributed by atoms with Gasteiger partial charge in [0, 0.05) is 11.8 Å². The highest BCUT2D eigenvalue weighted by atomic mass is 16.2. The Bertz CT molecular complexity index is 448. The lowest BCUT2D eigenvalue weighted by Crippen LogP contribution is -2.39. The summed E-state index contributed by atoms with van der Waals surface area (Å²) in [5.41, 5.74) is 1.62. The first-order valence-corrected chi connectivity index (χ1v) is 5.24. The van der Waals surface area contributed by atoms with Gasteiger partial charge in [0.1, 0.15) is 5.92 Å². The lowest BCUT2D eigenvalue weighted by molar-refractivity contribution is -0.132. The van der Waals surface area contributed by atoms with Crippen LogP contribution in [-0.2, 0) is 16.0 Å². The van der Waals surface area contributed by atoms with Crippen LogP contribution in [0.2, 0.25) is 0 Å². The predicted octanol–water partition coefficient (Wildman–Crippen LogP) is 1.45. The molecular formula is C13H13NO2. The molecule has 0 aliphatic carbocycles. The normalized spacial score (nSPS) is 20.3. The molecule has 0 spiro atoms. The minimum Gasteiger partial charge on any atom is -0.332 e. The van der Waals surface area contributed by atoms with E-state index in [4.69, 9.17) is 0 Å². The number of nitrogens with one attached hydrogen (secondary N) is 1. The van der Waals surface area contributed by atoms with Crippen molar-refractivity contribution in [3.8, 4) is 0 Å². The summed E-state index contributed by atoms with van der Waals surface area (Å²) in [5, 5.41) is 2.61. The molecule has 82 valence electrons. The third-order valence-corrected chi connectivity index (χ3v) is 2.74. The number of hydrogen-bond donors (Lipinski definition) is 1. The lowest BCUT2D eigenvalue weighted by atomic mass is 9.89. The van der Waals surface area contributed by atoms with Crippen molar-refractivity contribution in [2.45, 2.75) is 13.3 Å². The summed E-state index contributed by atoms with van der Waals surface area (Å²) in [6.45, 7) is 1.72. The summed E-state index contributed by atoms with van der Waals surface area (Å²) in [4.78, 5) is 23.4. The molecule has 1 aromatic carbocycles. The summed E-state index contributed by atoms with van der Waals surface area (Å²) >= 11 is 0. The molecule has 0 radical (unpaired) electrons. The van der Waals surface area contributed by atoms with Gasteiger partial charge in [0.15, 0.2) is 5.78 Å². The molecule has 1 heterocycles. The van der Waals surface area contributed by atoms with Crippen molar-refractivity contribution >= 4 is 11.7 Å². The molecule has 0 aromatic heterocycles. The van der Waals surface area contributed by atoms with E-state index >= 15 is 0 Å². The Morgan fingerprint density at radius 3 is 2.56 bits per heavy atom. The molecule has 1 unspecified atom stereocenters. The Morgan fingerprint density at radius 2 is 1.88 bits per heavy atom. The second-order valence-electron chi connectivity index (χ2n) is 3.94. The third-order valence-electron chi connectivity index (χ3n) is 2.74. The zero-order valence-electron chi connectivity index (χ0n) is 9.07. The van der Waals surface area contributed by atoms with Crippen LogP contribution in [0.25, 0.3) is 0 Å². The van der Waals surface area contributed by atoms with Crippen molar-refractivity contribution < 1.29 is 9.59 Å². The highest BCUT2D eigenvalue weighted by Crippen LogP contribution is 2.16. The van der Waals surface area contributed by atoms with E-state index in [1.807, 2.05) is 30.3 Å². The molecule has 2 rings (SSSR count). The maximum atomic E-state index is 11.8. The number of carbonyl (C=O) groups excluding carboxylic acids is 2. The van der Waals surface area contributed by atoms with E-state index in [1.165, 1.54) is 6.20 Å². The van der Waals surface area contributed by atoms with E-state index in [9.17, 15) is 9.59 Å². The van der Waals surface area contributed by atoms with Crippen LogP contribution in [-0.4, -0.2) is 11.7 Å². The number of benzene rings is 1. The van der Waals surface area contributed by atoms with Crippen LogP contribution in [0.3, 0.4) is 0 Å². The van der Waals surface area contributed by atoms with Crippen LogP contribution < -0.4 is 5.32 Å². The Labute approximate surface area is 94.2 Å². The first-order valence-electron chi connectivity index (χ1n) is 5.24. The van der Waals surface area contributed by atoms with Crippen molar-refractivity contribution in [1.29, 1.82) is 0 Å². The molecule has 16 heavy (non-hydrogen) atoms. The minimum absolute atomic E-state index is 0.0763. The van der Waals surface area contributed by atoms with Crippen molar-refractivity contribution in [2.75, 3.05) is 0 Å². The summed E-state index contributed by atoms with van der Waals surface area (Å²) < 4.78 is 0. The Morgan fingerprint density at radius 1 is 1.19 bits per heavy atom. The van der Waals surface area contributed by atoms with Crippen molar-refractivity contribution in [1.82, 2.24) is 5.32 Å². The van der Waals surface area contributed by atoms with E-state index in [2.05, 4.69) is 5.32 Å². The average Bonchev–Trinajstić information content (AvgIpc) is 2.31. The Hall–Kier alpha value is -1.90. The highest BCUT2D eigenvalue weighted by Gasteiger charge is 2.30. The molecular weight excluding hydrogens is 202 g/mol.